The molecule has 1 aliphatic heterocycles. The Labute approximate surface area is 111 Å². The lowest BCUT2D eigenvalue weighted by Gasteiger charge is -2.20. The number of carbonyl (C=O) groups excluding carboxylic acids is 1. The summed E-state index contributed by atoms with van der Waals surface area (Å²) in [4.78, 5) is 26.1. The minimum atomic E-state index is -0.978. The van der Waals surface area contributed by atoms with Crippen LogP contribution in [0.3, 0.4) is 0 Å². The SMILES string of the molecule is CC(=O)N1CCCN(Cc2cc(C(=O)O)co2)CC1. The molecule has 1 saturated heterocycles. The summed E-state index contributed by atoms with van der Waals surface area (Å²) in [5, 5.41) is 8.83. The largest absolute Gasteiger partial charge is 0.478 e. The maximum atomic E-state index is 11.3. The lowest BCUT2D eigenvalue weighted by Crippen LogP contribution is -2.33. The molecule has 0 unspecified atom stereocenters. The molecule has 1 amide bonds. The van der Waals surface area contributed by atoms with Crippen LogP contribution in [0.25, 0.3) is 0 Å². The second-order valence-corrected chi connectivity index (χ2v) is 4.74. The number of hydrogen-bond acceptors (Lipinski definition) is 4. The van der Waals surface area contributed by atoms with Crippen molar-refractivity contribution in [2.45, 2.75) is 19.9 Å². The number of furan rings is 1. The van der Waals surface area contributed by atoms with Crippen LogP contribution >= 0.6 is 0 Å². The zero-order chi connectivity index (χ0) is 13.8. The van der Waals surface area contributed by atoms with Gasteiger partial charge in [0.15, 0.2) is 0 Å². The van der Waals surface area contributed by atoms with Crippen molar-refractivity contribution in [2.75, 3.05) is 26.2 Å². The lowest BCUT2D eigenvalue weighted by atomic mass is 10.3. The molecule has 2 rings (SSSR count). The molecule has 19 heavy (non-hydrogen) atoms. The fraction of sp³-hybridized carbons (Fsp3) is 0.538. The highest BCUT2D eigenvalue weighted by molar-refractivity contribution is 5.87. The molecule has 2 heterocycles. The van der Waals surface area contributed by atoms with Crippen LogP contribution in [-0.2, 0) is 11.3 Å². The number of carbonyl (C=O) groups is 2. The van der Waals surface area contributed by atoms with Crippen molar-refractivity contribution in [3.63, 3.8) is 0 Å². The maximum Gasteiger partial charge on any atom is 0.338 e. The summed E-state index contributed by atoms with van der Waals surface area (Å²) in [6.07, 6.45) is 2.18. The molecule has 1 aliphatic rings. The molecular weight excluding hydrogens is 248 g/mol. The summed E-state index contributed by atoms with van der Waals surface area (Å²) >= 11 is 0. The van der Waals surface area contributed by atoms with Crippen LogP contribution in [0.4, 0.5) is 0 Å². The molecule has 104 valence electrons. The van der Waals surface area contributed by atoms with E-state index in [1.807, 2.05) is 4.90 Å². The van der Waals surface area contributed by atoms with Gasteiger partial charge in [-0.1, -0.05) is 0 Å². The van der Waals surface area contributed by atoms with Crippen LogP contribution in [0.15, 0.2) is 16.7 Å². The van der Waals surface area contributed by atoms with Gasteiger partial charge in [0.2, 0.25) is 5.91 Å². The second-order valence-electron chi connectivity index (χ2n) is 4.74. The minimum absolute atomic E-state index is 0.105. The van der Waals surface area contributed by atoms with Crippen LogP contribution in [-0.4, -0.2) is 53.0 Å². The van der Waals surface area contributed by atoms with Crippen molar-refractivity contribution >= 4 is 11.9 Å². The van der Waals surface area contributed by atoms with E-state index in [0.717, 1.165) is 26.1 Å². The number of hydrogen-bond donors (Lipinski definition) is 1. The van der Waals surface area contributed by atoms with Gasteiger partial charge in [-0.2, -0.15) is 0 Å². The maximum absolute atomic E-state index is 11.3. The second kappa shape index (κ2) is 5.88. The first kappa shape index (κ1) is 13.6. The molecule has 6 nitrogen and oxygen atoms in total. The fourth-order valence-electron chi connectivity index (χ4n) is 2.24. The van der Waals surface area contributed by atoms with Crippen LogP contribution in [0, 0.1) is 0 Å². The summed E-state index contributed by atoms with van der Waals surface area (Å²) < 4.78 is 5.24. The van der Waals surface area contributed by atoms with Gasteiger partial charge in [0, 0.05) is 33.1 Å². The Morgan fingerprint density at radius 2 is 2.11 bits per heavy atom. The van der Waals surface area contributed by atoms with Crippen molar-refractivity contribution in [3.05, 3.63) is 23.7 Å². The Balaban J connectivity index is 1.92. The highest BCUT2D eigenvalue weighted by Crippen LogP contribution is 2.12. The van der Waals surface area contributed by atoms with Crippen LogP contribution < -0.4 is 0 Å². The molecule has 0 aromatic carbocycles. The van der Waals surface area contributed by atoms with E-state index in [2.05, 4.69) is 4.90 Å². The van der Waals surface area contributed by atoms with Crippen molar-refractivity contribution in [1.82, 2.24) is 9.80 Å². The number of rotatable bonds is 3. The Bertz CT molecular complexity index is 469. The Hall–Kier alpha value is -1.82. The van der Waals surface area contributed by atoms with Gasteiger partial charge >= 0.3 is 5.97 Å². The first-order valence-electron chi connectivity index (χ1n) is 6.35. The van der Waals surface area contributed by atoms with E-state index in [9.17, 15) is 9.59 Å². The molecule has 1 aromatic heterocycles. The topological polar surface area (TPSA) is 74.0 Å². The third-order valence-corrected chi connectivity index (χ3v) is 3.31. The highest BCUT2D eigenvalue weighted by atomic mass is 16.4. The Kier molecular flexibility index (Phi) is 4.21. The average Bonchev–Trinajstić information content (AvgIpc) is 2.68. The normalized spacial score (nSPS) is 17.2. The molecule has 1 N–H and O–H groups in total. The van der Waals surface area contributed by atoms with E-state index in [-0.39, 0.29) is 11.5 Å². The highest BCUT2D eigenvalue weighted by Gasteiger charge is 2.18. The third-order valence-electron chi connectivity index (χ3n) is 3.31. The number of aromatic carboxylic acids is 1. The monoisotopic (exact) mass is 266 g/mol. The molecule has 1 fully saturated rings. The van der Waals surface area contributed by atoms with Gasteiger partial charge in [0.1, 0.15) is 12.0 Å². The van der Waals surface area contributed by atoms with Crippen molar-refractivity contribution in [3.8, 4) is 0 Å². The van der Waals surface area contributed by atoms with Crippen molar-refractivity contribution in [1.29, 1.82) is 0 Å². The van der Waals surface area contributed by atoms with E-state index in [1.54, 1.807) is 13.0 Å². The predicted octanol–water partition coefficient (Wildman–Crippen LogP) is 1.03. The minimum Gasteiger partial charge on any atom is -0.478 e. The summed E-state index contributed by atoms with van der Waals surface area (Å²) in [6, 6.07) is 1.55. The van der Waals surface area contributed by atoms with Gasteiger partial charge in [0.05, 0.1) is 12.1 Å². The fourth-order valence-corrected chi connectivity index (χ4v) is 2.24. The summed E-state index contributed by atoms with van der Waals surface area (Å²) in [5.41, 5.74) is 0.176. The summed E-state index contributed by atoms with van der Waals surface area (Å²) in [5.74, 6) is -0.227. The molecule has 0 saturated carbocycles. The van der Waals surface area contributed by atoms with Gasteiger partial charge < -0.3 is 14.4 Å². The molecule has 1 aromatic rings. The smallest absolute Gasteiger partial charge is 0.338 e. The van der Waals surface area contributed by atoms with Crippen LogP contribution in [0.2, 0.25) is 0 Å². The number of nitrogens with zero attached hydrogens (tertiary/aromatic N) is 2. The summed E-state index contributed by atoms with van der Waals surface area (Å²) in [6.45, 7) is 5.32. The first-order chi connectivity index (χ1) is 9.06. The third kappa shape index (κ3) is 3.57. The van der Waals surface area contributed by atoms with E-state index >= 15 is 0 Å². The number of carboxylic acids is 1. The molecular formula is C13H18N2O4. The lowest BCUT2D eigenvalue weighted by molar-refractivity contribution is -0.128. The van der Waals surface area contributed by atoms with E-state index in [0.29, 0.717) is 18.8 Å². The first-order valence-corrected chi connectivity index (χ1v) is 6.35. The standard InChI is InChI=1S/C13H18N2O4/c1-10(16)15-4-2-3-14(5-6-15)8-12-7-11(9-19-12)13(17)18/h7,9H,2-6,8H2,1H3,(H,17,18). The molecule has 0 bridgehead atoms. The van der Waals surface area contributed by atoms with Crippen molar-refractivity contribution < 1.29 is 19.1 Å². The Morgan fingerprint density at radius 3 is 2.74 bits per heavy atom. The molecule has 0 aliphatic carbocycles. The van der Waals surface area contributed by atoms with Gasteiger partial charge in [0.25, 0.3) is 0 Å². The van der Waals surface area contributed by atoms with E-state index in [4.69, 9.17) is 9.52 Å². The number of amides is 1. The average molecular weight is 266 g/mol. The van der Waals surface area contributed by atoms with Gasteiger partial charge in [-0.3, -0.25) is 9.69 Å². The number of carboxylic acid groups (broad SMARTS) is 1. The molecule has 0 radical (unpaired) electrons. The zero-order valence-corrected chi connectivity index (χ0v) is 11.0. The summed E-state index contributed by atoms with van der Waals surface area (Å²) in [7, 11) is 0. The van der Waals surface area contributed by atoms with E-state index < -0.39 is 5.97 Å². The van der Waals surface area contributed by atoms with Gasteiger partial charge in [-0.25, -0.2) is 4.79 Å². The van der Waals surface area contributed by atoms with Crippen LogP contribution in [0.1, 0.15) is 29.5 Å². The predicted molar refractivity (Wildman–Crippen MR) is 67.8 cm³/mol. The van der Waals surface area contributed by atoms with Gasteiger partial charge in [-0.15, -0.1) is 0 Å². The Morgan fingerprint density at radius 1 is 1.32 bits per heavy atom. The zero-order valence-electron chi connectivity index (χ0n) is 11.0. The molecule has 6 heteroatoms. The van der Waals surface area contributed by atoms with Gasteiger partial charge in [-0.05, 0) is 12.5 Å². The van der Waals surface area contributed by atoms with E-state index in [1.165, 1.54) is 6.26 Å². The quantitative estimate of drug-likeness (QED) is 0.884. The van der Waals surface area contributed by atoms with Crippen molar-refractivity contribution in [2.24, 2.45) is 0 Å². The molecule has 0 atom stereocenters. The van der Waals surface area contributed by atoms with Crippen LogP contribution in [0.5, 0.6) is 0 Å². The molecule has 0 spiro atoms.